The van der Waals surface area contributed by atoms with Gasteiger partial charge < -0.3 is 0 Å². The molecule has 0 heteroatoms. The highest BCUT2D eigenvalue weighted by atomic mass is 14.2. The summed E-state index contributed by atoms with van der Waals surface area (Å²) in [5.41, 5.74) is 2.65. The standard InChI is InChI=1S/C16H24/c1-4-6-11-15(10-5-2)14(3)16-12-8-7-9-13-16/h7-9,12-13,15H,3-6,10-11H2,1-2H3. The second-order valence-corrected chi connectivity index (χ2v) is 4.52. The van der Waals surface area contributed by atoms with Crippen LogP contribution >= 0.6 is 0 Å². The molecule has 0 aliphatic carbocycles. The third kappa shape index (κ3) is 3.84. The number of benzene rings is 1. The monoisotopic (exact) mass is 216 g/mol. The molecule has 0 heterocycles. The molecule has 0 amide bonds. The van der Waals surface area contributed by atoms with Gasteiger partial charge in [0.2, 0.25) is 0 Å². The van der Waals surface area contributed by atoms with E-state index in [0.717, 1.165) is 0 Å². The SMILES string of the molecule is C=C(c1ccccc1)C(CCC)CCCC. The van der Waals surface area contributed by atoms with Gasteiger partial charge in [0.1, 0.15) is 0 Å². The van der Waals surface area contributed by atoms with Crippen molar-refractivity contribution >= 4 is 5.57 Å². The summed E-state index contributed by atoms with van der Waals surface area (Å²) in [6, 6.07) is 10.6. The number of allylic oxidation sites excluding steroid dienone is 1. The fourth-order valence-corrected chi connectivity index (χ4v) is 2.18. The molecule has 0 N–H and O–H groups in total. The van der Waals surface area contributed by atoms with E-state index in [1.54, 1.807) is 0 Å². The van der Waals surface area contributed by atoms with Crippen LogP contribution in [-0.2, 0) is 0 Å². The number of hydrogen-bond acceptors (Lipinski definition) is 0. The highest BCUT2D eigenvalue weighted by Crippen LogP contribution is 2.29. The summed E-state index contributed by atoms with van der Waals surface area (Å²) in [5, 5.41) is 0. The fourth-order valence-electron chi connectivity index (χ4n) is 2.18. The van der Waals surface area contributed by atoms with Gasteiger partial charge in [-0.15, -0.1) is 0 Å². The van der Waals surface area contributed by atoms with Crippen LogP contribution in [0, 0.1) is 5.92 Å². The average Bonchev–Trinajstić information content (AvgIpc) is 2.35. The summed E-state index contributed by atoms with van der Waals surface area (Å²) in [5.74, 6) is 0.673. The molecule has 0 saturated heterocycles. The zero-order chi connectivity index (χ0) is 11.8. The van der Waals surface area contributed by atoms with Crippen LogP contribution in [0.15, 0.2) is 36.9 Å². The summed E-state index contributed by atoms with van der Waals surface area (Å²) in [4.78, 5) is 0. The van der Waals surface area contributed by atoms with Gasteiger partial charge in [-0.25, -0.2) is 0 Å². The fraction of sp³-hybridized carbons (Fsp3) is 0.500. The Hall–Kier alpha value is -1.04. The Balaban J connectivity index is 2.67. The molecule has 1 rings (SSSR count). The second-order valence-electron chi connectivity index (χ2n) is 4.52. The van der Waals surface area contributed by atoms with Gasteiger partial charge in [-0.1, -0.05) is 70.0 Å². The lowest BCUT2D eigenvalue weighted by Crippen LogP contribution is -2.02. The van der Waals surface area contributed by atoms with E-state index in [9.17, 15) is 0 Å². The highest BCUT2D eigenvalue weighted by molar-refractivity contribution is 5.65. The van der Waals surface area contributed by atoms with Crippen molar-refractivity contribution in [3.05, 3.63) is 42.5 Å². The molecule has 16 heavy (non-hydrogen) atoms. The summed E-state index contributed by atoms with van der Waals surface area (Å²) in [6.07, 6.45) is 6.41. The maximum Gasteiger partial charge on any atom is -0.0162 e. The van der Waals surface area contributed by atoms with Crippen molar-refractivity contribution in [2.75, 3.05) is 0 Å². The van der Waals surface area contributed by atoms with Crippen LogP contribution in [0.1, 0.15) is 51.5 Å². The molecular formula is C16H24. The molecule has 1 unspecified atom stereocenters. The van der Waals surface area contributed by atoms with E-state index < -0.39 is 0 Å². The molecule has 0 bridgehead atoms. The van der Waals surface area contributed by atoms with Crippen molar-refractivity contribution in [1.82, 2.24) is 0 Å². The van der Waals surface area contributed by atoms with Gasteiger partial charge in [0.15, 0.2) is 0 Å². The zero-order valence-electron chi connectivity index (χ0n) is 10.7. The van der Waals surface area contributed by atoms with Crippen molar-refractivity contribution in [3.8, 4) is 0 Å². The summed E-state index contributed by atoms with van der Waals surface area (Å²) < 4.78 is 0. The first-order chi connectivity index (χ1) is 7.79. The van der Waals surface area contributed by atoms with E-state index in [0.29, 0.717) is 5.92 Å². The van der Waals surface area contributed by atoms with Crippen LogP contribution in [0.3, 0.4) is 0 Å². The van der Waals surface area contributed by atoms with Crippen LogP contribution < -0.4 is 0 Å². The Bertz CT molecular complexity index is 297. The van der Waals surface area contributed by atoms with Gasteiger partial charge in [-0.05, 0) is 29.9 Å². The summed E-state index contributed by atoms with van der Waals surface area (Å²) in [6.45, 7) is 8.82. The van der Waals surface area contributed by atoms with Gasteiger partial charge in [0, 0.05) is 0 Å². The molecular weight excluding hydrogens is 192 g/mol. The van der Waals surface area contributed by atoms with Crippen molar-refractivity contribution in [2.24, 2.45) is 5.92 Å². The first-order valence-corrected chi connectivity index (χ1v) is 6.53. The summed E-state index contributed by atoms with van der Waals surface area (Å²) >= 11 is 0. The molecule has 0 fully saturated rings. The number of unbranched alkanes of at least 4 members (excludes halogenated alkanes) is 1. The first-order valence-electron chi connectivity index (χ1n) is 6.53. The number of rotatable bonds is 7. The van der Waals surface area contributed by atoms with Crippen molar-refractivity contribution in [3.63, 3.8) is 0 Å². The quantitative estimate of drug-likeness (QED) is 0.579. The van der Waals surface area contributed by atoms with E-state index in [2.05, 4.69) is 50.8 Å². The molecule has 0 radical (unpaired) electrons. The molecule has 0 aliphatic heterocycles. The lowest BCUT2D eigenvalue weighted by atomic mass is 9.86. The second kappa shape index (κ2) is 7.27. The largest absolute Gasteiger partial charge is 0.0950 e. The predicted octanol–water partition coefficient (Wildman–Crippen LogP) is 5.31. The molecule has 0 aliphatic rings. The maximum absolute atomic E-state index is 4.30. The van der Waals surface area contributed by atoms with Crippen LogP contribution in [0.25, 0.3) is 5.57 Å². The molecule has 1 aromatic rings. The van der Waals surface area contributed by atoms with Gasteiger partial charge in [-0.2, -0.15) is 0 Å². The Morgan fingerprint density at radius 1 is 1.06 bits per heavy atom. The lowest BCUT2D eigenvalue weighted by molar-refractivity contribution is 0.526. The average molecular weight is 216 g/mol. The highest BCUT2D eigenvalue weighted by Gasteiger charge is 2.12. The van der Waals surface area contributed by atoms with Crippen molar-refractivity contribution in [1.29, 1.82) is 0 Å². The minimum atomic E-state index is 0.673. The van der Waals surface area contributed by atoms with Crippen LogP contribution in [0.4, 0.5) is 0 Å². The summed E-state index contributed by atoms with van der Waals surface area (Å²) in [7, 11) is 0. The predicted molar refractivity (Wildman–Crippen MR) is 73.4 cm³/mol. The normalized spacial score (nSPS) is 12.4. The van der Waals surface area contributed by atoms with Crippen LogP contribution in [0.2, 0.25) is 0 Å². The lowest BCUT2D eigenvalue weighted by Gasteiger charge is -2.19. The van der Waals surface area contributed by atoms with E-state index in [4.69, 9.17) is 0 Å². The molecule has 1 atom stereocenters. The first kappa shape index (κ1) is 13.0. The maximum atomic E-state index is 4.30. The molecule has 0 nitrogen and oxygen atoms in total. The topological polar surface area (TPSA) is 0 Å². The van der Waals surface area contributed by atoms with E-state index in [-0.39, 0.29) is 0 Å². The Morgan fingerprint density at radius 2 is 1.75 bits per heavy atom. The third-order valence-electron chi connectivity index (χ3n) is 3.18. The smallest absolute Gasteiger partial charge is 0.0162 e. The minimum absolute atomic E-state index is 0.673. The molecule has 88 valence electrons. The van der Waals surface area contributed by atoms with Gasteiger partial charge in [0.25, 0.3) is 0 Å². The Labute approximate surface area is 100 Å². The molecule has 0 aromatic heterocycles. The molecule has 0 spiro atoms. The molecule has 1 aromatic carbocycles. The van der Waals surface area contributed by atoms with E-state index >= 15 is 0 Å². The van der Waals surface area contributed by atoms with Gasteiger partial charge in [-0.3, -0.25) is 0 Å². The van der Waals surface area contributed by atoms with Crippen molar-refractivity contribution in [2.45, 2.75) is 46.0 Å². The van der Waals surface area contributed by atoms with Gasteiger partial charge in [0.05, 0.1) is 0 Å². The molecule has 0 saturated carbocycles. The Kier molecular flexibility index (Phi) is 5.92. The minimum Gasteiger partial charge on any atom is -0.0950 e. The van der Waals surface area contributed by atoms with Crippen LogP contribution in [-0.4, -0.2) is 0 Å². The number of hydrogen-bond donors (Lipinski definition) is 0. The third-order valence-corrected chi connectivity index (χ3v) is 3.18. The van der Waals surface area contributed by atoms with Gasteiger partial charge >= 0.3 is 0 Å². The van der Waals surface area contributed by atoms with E-state index in [1.165, 1.54) is 43.2 Å². The van der Waals surface area contributed by atoms with E-state index in [1.807, 2.05) is 0 Å². The Morgan fingerprint density at radius 3 is 2.31 bits per heavy atom. The van der Waals surface area contributed by atoms with Crippen molar-refractivity contribution < 1.29 is 0 Å². The van der Waals surface area contributed by atoms with Crippen LogP contribution in [0.5, 0.6) is 0 Å². The zero-order valence-corrected chi connectivity index (χ0v) is 10.7.